The largest absolute Gasteiger partial charge is 0.454 e. The third-order valence-electron chi connectivity index (χ3n) is 9.63. The van der Waals surface area contributed by atoms with E-state index in [0.29, 0.717) is 11.4 Å². The second-order valence-corrected chi connectivity index (χ2v) is 14.7. The Morgan fingerprint density at radius 2 is 1.11 bits per heavy atom. The van der Waals surface area contributed by atoms with E-state index in [1.807, 2.05) is 110 Å². The summed E-state index contributed by atoms with van der Waals surface area (Å²) in [6, 6.07) is 35.8. The van der Waals surface area contributed by atoms with Gasteiger partial charge in [-0.3, -0.25) is 20.2 Å². The van der Waals surface area contributed by atoms with Crippen LogP contribution in [0.15, 0.2) is 121 Å². The summed E-state index contributed by atoms with van der Waals surface area (Å²) < 4.78 is 24.5. The Balaban J connectivity index is 0.000000147. The molecule has 16 nitrogen and oxygen atoms in total. The number of nitrogens with one attached hydrogen (secondary N) is 1. The predicted octanol–water partition coefficient (Wildman–Crippen LogP) is 10.4. The first-order chi connectivity index (χ1) is 30.5. The fourth-order valence-corrected chi connectivity index (χ4v) is 7.10. The Hall–Kier alpha value is -7.96. The summed E-state index contributed by atoms with van der Waals surface area (Å²) in [4.78, 5) is 20.3. The predicted molar refractivity (Wildman–Crippen MR) is 250 cm³/mol. The molecule has 2 aliphatic heterocycles. The molecule has 0 atom stereocenters. The van der Waals surface area contributed by atoms with E-state index in [1.165, 1.54) is 26.4 Å². The van der Waals surface area contributed by atoms with Gasteiger partial charge < -0.3 is 30.0 Å². The van der Waals surface area contributed by atoms with E-state index in [-0.39, 0.29) is 25.0 Å². The molecule has 0 amide bonds. The summed E-state index contributed by atoms with van der Waals surface area (Å²) in [5.74, 6) is 3.01. The molecule has 0 saturated carbocycles. The number of nitrogen functional groups attached to an aromatic ring is 1. The van der Waals surface area contributed by atoms with Gasteiger partial charge in [0.1, 0.15) is 0 Å². The number of non-ortho nitro benzene ring substituents is 2. The molecule has 0 saturated heterocycles. The number of fused-ring (bicyclic) bond motifs is 4. The number of hydrogen-bond acceptors (Lipinski definition) is 14. The van der Waals surface area contributed by atoms with E-state index < -0.39 is 9.85 Å². The highest BCUT2D eigenvalue weighted by molar-refractivity contribution is 7.78. The summed E-state index contributed by atoms with van der Waals surface area (Å²) in [7, 11) is 0. The van der Waals surface area contributed by atoms with Crippen LogP contribution in [-0.4, -0.2) is 41.8 Å². The van der Waals surface area contributed by atoms with Gasteiger partial charge in [0.15, 0.2) is 23.0 Å². The Bertz CT molecular complexity index is 3090. The quantitative estimate of drug-likeness (QED) is 0.0488. The fourth-order valence-electron chi connectivity index (χ4n) is 6.58. The maximum Gasteiger partial charge on any atom is 0.271 e. The number of rotatable bonds is 8. The molecule has 0 bridgehead atoms. The van der Waals surface area contributed by atoms with E-state index >= 15 is 0 Å². The normalized spacial score (nSPS) is 12.3. The molecule has 0 fully saturated rings. The zero-order valence-corrected chi connectivity index (χ0v) is 35.0. The van der Waals surface area contributed by atoms with Crippen molar-refractivity contribution in [3.8, 4) is 23.0 Å². The van der Waals surface area contributed by atoms with Crippen molar-refractivity contribution in [2.75, 3.05) is 24.6 Å². The van der Waals surface area contributed by atoms with Gasteiger partial charge in [-0.05, 0) is 128 Å². The average Bonchev–Trinajstić information content (AvgIpc) is 4.08. The zero-order chi connectivity index (χ0) is 44.0. The molecule has 2 aromatic heterocycles. The molecule has 4 heterocycles. The molecule has 0 unspecified atom stereocenters. The highest BCUT2D eigenvalue weighted by Gasteiger charge is 2.15. The third-order valence-corrected chi connectivity index (χ3v) is 10.2. The van der Waals surface area contributed by atoms with Gasteiger partial charge in [0.2, 0.25) is 13.6 Å². The number of nitrogens with two attached hydrogens (primary N) is 1. The summed E-state index contributed by atoms with van der Waals surface area (Å²) in [6.07, 6.45) is 7.80. The van der Waals surface area contributed by atoms with E-state index in [1.54, 1.807) is 24.3 Å². The second-order valence-electron chi connectivity index (χ2n) is 14.0. The van der Waals surface area contributed by atoms with Gasteiger partial charge in [0, 0.05) is 52.1 Å². The van der Waals surface area contributed by atoms with Gasteiger partial charge >= 0.3 is 0 Å². The average molecular weight is 881 g/mol. The van der Waals surface area contributed by atoms with Crippen molar-refractivity contribution < 1.29 is 28.8 Å². The number of nitro benzene ring substituents is 2. The van der Waals surface area contributed by atoms with Crippen LogP contribution in [0.2, 0.25) is 0 Å². The minimum absolute atomic E-state index is 0.0289. The van der Waals surface area contributed by atoms with Crippen molar-refractivity contribution in [2.24, 2.45) is 0 Å². The molecule has 3 N–H and O–H groups in total. The molecule has 0 aliphatic carbocycles. The van der Waals surface area contributed by atoms with Gasteiger partial charge in [0.25, 0.3) is 11.4 Å². The van der Waals surface area contributed by atoms with Crippen molar-refractivity contribution in [1.82, 2.24) is 18.4 Å². The lowest BCUT2D eigenvalue weighted by atomic mass is 10.1. The van der Waals surface area contributed by atoms with Crippen LogP contribution in [0.4, 0.5) is 28.4 Å². The summed E-state index contributed by atoms with van der Waals surface area (Å²) >= 11 is 8.77. The first-order valence-corrected chi connectivity index (χ1v) is 19.8. The molecule has 6 aromatic carbocycles. The summed E-state index contributed by atoms with van der Waals surface area (Å²) in [5.41, 5.74) is 14.3. The number of nitro groups is 2. The minimum atomic E-state index is -0.421. The number of anilines is 3. The molecule has 8 aromatic rings. The van der Waals surface area contributed by atoms with Gasteiger partial charge in [-0.2, -0.15) is 10.2 Å². The lowest BCUT2D eigenvalue weighted by Crippen LogP contribution is -1.93. The Morgan fingerprint density at radius 1 is 0.603 bits per heavy atom. The summed E-state index contributed by atoms with van der Waals surface area (Å²) in [5, 5.41) is 35.1. The van der Waals surface area contributed by atoms with Gasteiger partial charge in [-0.25, -0.2) is 8.17 Å². The number of ether oxygens (including phenoxy) is 4. The number of thiol groups is 2. The maximum atomic E-state index is 11.0. The minimum Gasteiger partial charge on any atom is -0.454 e. The smallest absolute Gasteiger partial charge is 0.271 e. The fraction of sp³-hybridized carbons (Fsp3) is 0.0667. The number of hydrogen-bond donors (Lipinski definition) is 4. The second kappa shape index (κ2) is 18.3. The van der Waals surface area contributed by atoms with Crippen LogP contribution in [0.5, 0.6) is 23.0 Å². The number of aryl methyl sites for hydroxylation is 1. The van der Waals surface area contributed by atoms with Crippen LogP contribution in [-0.2, 0) is 0 Å². The molecular weight excluding hydrogens is 845 g/mol. The lowest BCUT2D eigenvalue weighted by Gasteiger charge is -2.06. The van der Waals surface area contributed by atoms with Gasteiger partial charge in [-0.1, -0.05) is 42.5 Å². The van der Waals surface area contributed by atoms with Crippen molar-refractivity contribution in [1.29, 1.82) is 0 Å². The van der Waals surface area contributed by atoms with Crippen molar-refractivity contribution in [3.05, 3.63) is 170 Å². The van der Waals surface area contributed by atoms with Gasteiger partial charge in [0.05, 0.1) is 32.3 Å². The Kier molecular flexibility index (Phi) is 12.2. The van der Waals surface area contributed by atoms with E-state index in [2.05, 4.69) is 41.1 Å². The topological polar surface area (TPSA) is 197 Å². The maximum absolute atomic E-state index is 11.0. The van der Waals surface area contributed by atoms with E-state index in [9.17, 15) is 20.2 Å². The molecule has 0 spiro atoms. The van der Waals surface area contributed by atoms with Gasteiger partial charge in [-0.15, -0.1) is 0 Å². The van der Waals surface area contributed by atoms with Crippen LogP contribution in [0.1, 0.15) is 28.1 Å². The molecule has 2 aliphatic rings. The summed E-state index contributed by atoms with van der Waals surface area (Å²) in [6.45, 7) is 2.34. The monoisotopic (exact) mass is 880 g/mol. The van der Waals surface area contributed by atoms with Crippen molar-refractivity contribution in [3.63, 3.8) is 0 Å². The molecule has 63 heavy (non-hydrogen) atoms. The lowest BCUT2D eigenvalue weighted by molar-refractivity contribution is -0.385. The number of benzene rings is 6. The Morgan fingerprint density at radius 3 is 1.67 bits per heavy atom. The van der Waals surface area contributed by atoms with E-state index in [4.69, 9.17) is 24.7 Å². The highest BCUT2D eigenvalue weighted by atomic mass is 32.1. The molecule has 10 rings (SSSR count). The Labute approximate surface area is 370 Å². The number of nitrogens with zero attached hydrogens (tertiary/aromatic N) is 6. The molecule has 0 radical (unpaired) electrons. The molecule has 316 valence electrons. The van der Waals surface area contributed by atoms with Crippen LogP contribution < -0.4 is 30.0 Å². The zero-order valence-electron chi connectivity index (χ0n) is 33.2. The van der Waals surface area contributed by atoms with Crippen molar-refractivity contribution in [2.45, 2.75) is 6.92 Å². The SMILES string of the molecule is Cc1cccc([N+](=O)[O-])c1.Nc1ccc2c(/C=C/c3ccc4c(c3)OCO4)nn(S)c2c1.O=[N+]([O-])c1cccc(Nc2ccc3c(/C=C/c4ccc5c(c4)OCO5)nn(S)c3c2)c1. The first kappa shape index (κ1) is 41.8. The van der Waals surface area contributed by atoms with Crippen LogP contribution in [0, 0.1) is 27.2 Å². The highest BCUT2D eigenvalue weighted by Crippen LogP contribution is 2.35. The van der Waals surface area contributed by atoms with Crippen LogP contribution >= 0.6 is 25.6 Å². The standard InChI is InChI=1S/C22H16N4O4S.C16H13N3O2S.C7H7NO2/c27-26(28)17-3-1-2-15(11-17)23-16-6-7-18-19(24-25(31)20(18)12-16)8-4-14-5-9-21-22(10-14)30-13-29-21;17-11-3-4-12-13(18-19(22)14(12)8-11)5-1-10-2-6-15-16(7-10)21-9-20-15;1-6-3-2-4-7(5-6)8(9)10/h1-12,23,31H,13H2;1-8,22H,9,17H2;2-5H,1H3/b8-4+;5-1+;. The van der Waals surface area contributed by atoms with Crippen LogP contribution in [0.25, 0.3) is 46.1 Å². The molecular formula is C45H36N8O8S2. The van der Waals surface area contributed by atoms with Crippen LogP contribution in [0.3, 0.4) is 0 Å². The number of aromatic nitrogens is 4. The molecule has 18 heteroatoms. The third kappa shape index (κ3) is 9.83. The van der Waals surface area contributed by atoms with Crippen molar-refractivity contribution >= 4 is 100 Å². The van der Waals surface area contributed by atoms with E-state index in [0.717, 1.165) is 78.6 Å². The first-order valence-electron chi connectivity index (χ1n) is 19.0.